The van der Waals surface area contributed by atoms with Crippen molar-refractivity contribution in [2.75, 3.05) is 0 Å². The van der Waals surface area contributed by atoms with Crippen LogP contribution in [-0.4, -0.2) is 4.99 Å². The monoisotopic (exact) mass is 208 g/mol. The second-order valence-corrected chi connectivity index (χ2v) is 3.94. The zero-order chi connectivity index (χ0) is 9.68. The second kappa shape index (κ2) is 4.75. The summed E-state index contributed by atoms with van der Waals surface area (Å²) in [5.41, 5.74) is 5.95. The van der Waals surface area contributed by atoms with E-state index in [1.165, 1.54) is 0 Å². The van der Waals surface area contributed by atoms with Crippen LogP contribution in [0.25, 0.3) is 6.08 Å². The molecule has 0 aliphatic heterocycles. The molecule has 0 radical (unpaired) electrons. The van der Waals surface area contributed by atoms with E-state index >= 15 is 0 Å². The highest BCUT2D eigenvalue weighted by atomic mass is 32.1. The first-order valence-corrected chi connectivity index (χ1v) is 4.93. The number of thiocarbonyl (C=S) groups is 1. The van der Waals surface area contributed by atoms with E-state index in [-0.39, 0.29) is 0 Å². The molecule has 0 amide bonds. The highest BCUT2D eigenvalue weighted by molar-refractivity contribution is 7.80. The lowest BCUT2D eigenvalue weighted by atomic mass is 10.2. The molecule has 0 aliphatic rings. The lowest BCUT2D eigenvalue weighted by molar-refractivity contribution is 1.35. The van der Waals surface area contributed by atoms with Crippen LogP contribution >= 0.6 is 23.6 Å². The maximum Gasteiger partial charge on any atom is 0.0952 e. The van der Waals surface area contributed by atoms with E-state index in [9.17, 15) is 0 Å². The minimum absolute atomic E-state index is 0.351. The van der Waals surface area contributed by atoms with Crippen molar-refractivity contribution in [1.82, 2.24) is 0 Å². The number of rotatable bonds is 3. The summed E-state index contributed by atoms with van der Waals surface area (Å²) in [6.45, 7) is 0. The van der Waals surface area contributed by atoms with Crippen LogP contribution in [-0.2, 0) is 0 Å². The average molecular weight is 208 g/mol. The van der Waals surface area contributed by atoms with Gasteiger partial charge in [0.05, 0.1) is 11.1 Å². The Balaban J connectivity index is 2.79. The van der Waals surface area contributed by atoms with E-state index in [1.807, 2.05) is 23.6 Å². The molecule has 13 heavy (non-hydrogen) atoms. The van der Waals surface area contributed by atoms with Crippen molar-refractivity contribution >= 4 is 34.6 Å². The topological polar surface area (TPSA) is 49.8 Å². The Bertz CT molecular complexity index is 357. The van der Waals surface area contributed by atoms with Crippen molar-refractivity contribution in [3.05, 3.63) is 28.0 Å². The molecule has 0 unspecified atom stereocenters. The van der Waals surface area contributed by atoms with Gasteiger partial charge < -0.3 is 5.73 Å². The van der Waals surface area contributed by atoms with Gasteiger partial charge in [0.2, 0.25) is 0 Å². The predicted molar refractivity (Wildman–Crippen MR) is 59.3 cm³/mol. The summed E-state index contributed by atoms with van der Waals surface area (Å²) in [6.07, 6.45) is 2.19. The van der Waals surface area contributed by atoms with Crippen LogP contribution in [0.1, 0.15) is 11.3 Å². The highest BCUT2D eigenvalue weighted by Gasteiger charge is 1.98. The molecule has 0 saturated carbocycles. The molecule has 0 aliphatic carbocycles. The number of nitrogens with two attached hydrogens (primary N) is 1. The van der Waals surface area contributed by atoms with Crippen LogP contribution in [0.15, 0.2) is 23.1 Å². The van der Waals surface area contributed by atoms with E-state index in [0.717, 1.165) is 4.88 Å². The summed E-state index contributed by atoms with van der Waals surface area (Å²) >= 11 is 6.31. The maximum absolute atomic E-state index is 8.74. The number of nitriles is 1. The van der Waals surface area contributed by atoms with Crippen molar-refractivity contribution in [3.8, 4) is 6.07 Å². The lowest BCUT2D eigenvalue weighted by Crippen LogP contribution is -2.07. The van der Waals surface area contributed by atoms with Crippen LogP contribution in [0.5, 0.6) is 0 Å². The summed E-state index contributed by atoms with van der Waals surface area (Å²) < 4.78 is 0. The zero-order valence-electron chi connectivity index (χ0n) is 6.86. The van der Waals surface area contributed by atoms with E-state index in [2.05, 4.69) is 6.07 Å². The maximum atomic E-state index is 8.74. The molecule has 1 heterocycles. The van der Waals surface area contributed by atoms with Crippen LogP contribution < -0.4 is 5.73 Å². The quantitative estimate of drug-likeness (QED) is 0.612. The number of hydrogen-bond donors (Lipinski definition) is 1. The molecule has 0 bridgehead atoms. The fraction of sp³-hybridized carbons (Fsp3) is 0.111. The van der Waals surface area contributed by atoms with E-state index in [0.29, 0.717) is 17.0 Å². The molecule has 2 N–H and O–H groups in total. The van der Waals surface area contributed by atoms with Crippen molar-refractivity contribution in [1.29, 1.82) is 5.26 Å². The Kier molecular flexibility index (Phi) is 3.62. The Morgan fingerprint density at radius 1 is 1.77 bits per heavy atom. The summed E-state index contributed by atoms with van der Waals surface area (Å²) in [6, 6.07) is 5.95. The summed E-state index contributed by atoms with van der Waals surface area (Å²) in [5.74, 6) is 0. The van der Waals surface area contributed by atoms with Crippen molar-refractivity contribution in [2.45, 2.75) is 6.42 Å². The largest absolute Gasteiger partial charge is 0.393 e. The molecular formula is C9H8N2S2. The molecule has 0 spiro atoms. The van der Waals surface area contributed by atoms with Gasteiger partial charge in [-0.25, -0.2) is 0 Å². The van der Waals surface area contributed by atoms with Crippen LogP contribution in [0, 0.1) is 11.3 Å². The standard InChI is InChI=1S/C9H8N2S2/c10-6-7(5-9(11)12)4-8-2-1-3-13-8/h1-4H,5H2,(H2,11,12)/b7-4+. The molecule has 2 nitrogen and oxygen atoms in total. The van der Waals surface area contributed by atoms with Crippen LogP contribution in [0.4, 0.5) is 0 Å². The van der Waals surface area contributed by atoms with Gasteiger partial charge in [0.15, 0.2) is 0 Å². The molecule has 1 rings (SSSR count). The van der Waals surface area contributed by atoms with Gasteiger partial charge in [-0.05, 0) is 17.5 Å². The molecule has 66 valence electrons. The Hall–Kier alpha value is -1.18. The number of nitrogens with zero attached hydrogens (tertiary/aromatic N) is 1. The third-order valence-corrected chi connectivity index (χ3v) is 2.33. The Labute approximate surface area is 86.3 Å². The number of hydrogen-bond acceptors (Lipinski definition) is 3. The smallest absolute Gasteiger partial charge is 0.0952 e. The van der Waals surface area contributed by atoms with Crippen LogP contribution in [0.3, 0.4) is 0 Å². The Morgan fingerprint density at radius 2 is 2.54 bits per heavy atom. The zero-order valence-corrected chi connectivity index (χ0v) is 8.49. The van der Waals surface area contributed by atoms with Gasteiger partial charge in [-0.15, -0.1) is 11.3 Å². The first-order chi connectivity index (χ1) is 6.22. The van der Waals surface area contributed by atoms with Gasteiger partial charge in [0.25, 0.3) is 0 Å². The molecule has 1 aromatic heterocycles. The molecule has 0 aromatic carbocycles. The normalized spacial score (nSPS) is 10.8. The fourth-order valence-corrected chi connectivity index (χ4v) is 1.69. The SMILES string of the molecule is N#C/C(=C/c1cccs1)CC(N)=S. The van der Waals surface area contributed by atoms with Gasteiger partial charge in [0, 0.05) is 16.9 Å². The molecule has 4 heteroatoms. The predicted octanol–water partition coefficient (Wildman–Crippen LogP) is 2.33. The Morgan fingerprint density at radius 3 is 3.00 bits per heavy atom. The number of thiophene rings is 1. The third-order valence-electron chi connectivity index (χ3n) is 1.37. The minimum atomic E-state index is 0.351. The lowest BCUT2D eigenvalue weighted by Gasteiger charge is -1.94. The van der Waals surface area contributed by atoms with Crippen molar-refractivity contribution in [2.24, 2.45) is 5.73 Å². The third kappa shape index (κ3) is 3.36. The van der Waals surface area contributed by atoms with E-state index in [1.54, 1.807) is 11.3 Å². The molecule has 0 fully saturated rings. The van der Waals surface area contributed by atoms with Crippen molar-refractivity contribution in [3.63, 3.8) is 0 Å². The van der Waals surface area contributed by atoms with Gasteiger partial charge in [-0.3, -0.25) is 0 Å². The average Bonchev–Trinajstić information content (AvgIpc) is 2.55. The summed E-state index contributed by atoms with van der Waals surface area (Å²) in [4.78, 5) is 1.40. The summed E-state index contributed by atoms with van der Waals surface area (Å²) in [7, 11) is 0. The van der Waals surface area contributed by atoms with Crippen molar-refractivity contribution < 1.29 is 0 Å². The van der Waals surface area contributed by atoms with Crippen LogP contribution in [0.2, 0.25) is 0 Å². The molecule has 0 atom stereocenters. The molecular weight excluding hydrogens is 200 g/mol. The highest BCUT2D eigenvalue weighted by Crippen LogP contribution is 2.14. The fourth-order valence-electron chi connectivity index (χ4n) is 0.856. The first kappa shape index (κ1) is 9.90. The van der Waals surface area contributed by atoms with Gasteiger partial charge >= 0.3 is 0 Å². The molecule has 0 saturated heterocycles. The minimum Gasteiger partial charge on any atom is -0.393 e. The van der Waals surface area contributed by atoms with E-state index in [4.69, 9.17) is 23.2 Å². The molecule has 1 aromatic rings. The van der Waals surface area contributed by atoms with E-state index < -0.39 is 0 Å². The van der Waals surface area contributed by atoms with Gasteiger partial charge in [-0.1, -0.05) is 18.3 Å². The van der Waals surface area contributed by atoms with Gasteiger partial charge in [0.1, 0.15) is 0 Å². The first-order valence-electron chi connectivity index (χ1n) is 3.65. The second-order valence-electron chi connectivity index (χ2n) is 2.44. The van der Waals surface area contributed by atoms with Gasteiger partial charge in [-0.2, -0.15) is 5.26 Å². The summed E-state index contributed by atoms with van der Waals surface area (Å²) in [5, 5.41) is 10.7.